The first-order chi connectivity index (χ1) is 13.6. The first-order valence-electron chi connectivity index (χ1n) is 10.00. The number of nitrogens with one attached hydrogen (secondary N) is 1. The van der Waals surface area contributed by atoms with Gasteiger partial charge in [-0.1, -0.05) is 42.8 Å². The summed E-state index contributed by atoms with van der Waals surface area (Å²) in [6.07, 6.45) is 2.67. The molecule has 0 radical (unpaired) electrons. The fraction of sp³-hybridized carbons (Fsp3) is 0.435. The fourth-order valence-electron chi connectivity index (χ4n) is 3.75. The van der Waals surface area contributed by atoms with Crippen molar-refractivity contribution >= 4 is 17.5 Å². The van der Waals surface area contributed by atoms with Gasteiger partial charge in [0.15, 0.2) is 0 Å². The van der Waals surface area contributed by atoms with Crippen LogP contribution in [0.3, 0.4) is 0 Å². The molecule has 1 aliphatic rings. The number of amides is 1. The SMILES string of the molecule is CC[C@H](NC(=O)C1CCN(Cc2ccc(Cl)cc2)CC1)c1ccc(OC)cc1. The Morgan fingerprint density at radius 3 is 2.36 bits per heavy atom. The molecule has 1 N–H and O–H groups in total. The summed E-state index contributed by atoms with van der Waals surface area (Å²) >= 11 is 5.96. The molecule has 28 heavy (non-hydrogen) atoms. The number of ether oxygens (including phenoxy) is 1. The first-order valence-corrected chi connectivity index (χ1v) is 10.4. The Morgan fingerprint density at radius 2 is 1.79 bits per heavy atom. The number of halogens is 1. The third-order valence-corrected chi connectivity index (χ3v) is 5.77. The van der Waals surface area contributed by atoms with Crippen LogP contribution in [0.1, 0.15) is 43.4 Å². The summed E-state index contributed by atoms with van der Waals surface area (Å²) in [5.74, 6) is 1.10. The van der Waals surface area contributed by atoms with Crippen molar-refractivity contribution in [1.82, 2.24) is 10.2 Å². The van der Waals surface area contributed by atoms with E-state index >= 15 is 0 Å². The number of likely N-dealkylation sites (tertiary alicyclic amines) is 1. The predicted molar refractivity (Wildman–Crippen MR) is 114 cm³/mol. The van der Waals surface area contributed by atoms with E-state index in [-0.39, 0.29) is 17.9 Å². The normalized spacial score (nSPS) is 16.5. The molecule has 0 bridgehead atoms. The number of carbonyl (C=O) groups excluding carboxylic acids is 1. The lowest BCUT2D eigenvalue weighted by molar-refractivity contribution is -0.127. The zero-order valence-corrected chi connectivity index (χ0v) is 17.4. The van der Waals surface area contributed by atoms with Crippen LogP contribution in [0.15, 0.2) is 48.5 Å². The second-order valence-electron chi connectivity index (χ2n) is 7.42. The number of rotatable bonds is 7. The molecule has 1 fully saturated rings. The Labute approximate surface area is 172 Å². The molecule has 0 unspecified atom stereocenters. The van der Waals surface area contributed by atoms with Gasteiger partial charge in [0.2, 0.25) is 5.91 Å². The van der Waals surface area contributed by atoms with Crippen molar-refractivity contribution in [2.75, 3.05) is 20.2 Å². The van der Waals surface area contributed by atoms with Crippen molar-refractivity contribution in [1.29, 1.82) is 0 Å². The maximum atomic E-state index is 12.8. The molecule has 3 rings (SSSR count). The van der Waals surface area contributed by atoms with E-state index in [1.807, 2.05) is 36.4 Å². The van der Waals surface area contributed by atoms with Crippen molar-refractivity contribution < 1.29 is 9.53 Å². The van der Waals surface area contributed by atoms with Gasteiger partial charge in [-0.3, -0.25) is 9.69 Å². The number of hydrogen-bond donors (Lipinski definition) is 1. The summed E-state index contributed by atoms with van der Waals surface area (Å²) in [4.78, 5) is 15.2. The van der Waals surface area contributed by atoms with Crippen molar-refractivity contribution in [2.24, 2.45) is 5.92 Å². The number of nitrogens with zero attached hydrogens (tertiary/aromatic N) is 1. The van der Waals surface area contributed by atoms with Crippen LogP contribution in [0.25, 0.3) is 0 Å². The lowest BCUT2D eigenvalue weighted by Gasteiger charge is -2.32. The summed E-state index contributed by atoms with van der Waals surface area (Å²) in [7, 11) is 1.66. The minimum Gasteiger partial charge on any atom is -0.497 e. The van der Waals surface area contributed by atoms with Crippen LogP contribution in [0, 0.1) is 5.92 Å². The molecule has 2 aromatic carbocycles. The maximum Gasteiger partial charge on any atom is 0.223 e. The lowest BCUT2D eigenvalue weighted by atomic mass is 9.94. The van der Waals surface area contributed by atoms with Crippen LogP contribution in [0.4, 0.5) is 0 Å². The van der Waals surface area contributed by atoms with Gasteiger partial charge >= 0.3 is 0 Å². The van der Waals surface area contributed by atoms with E-state index in [0.29, 0.717) is 0 Å². The summed E-state index contributed by atoms with van der Waals surface area (Å²) in [5.41, 5.74) is 2.38. The molecule has 0 aliphatic carbocycles. The highest BCUT2D eigenvalue weighted by molar-refractivity contribution is 6.30. The minimum atomic E-state index is 0.0468. The number of methoxy groups -OCH3 is 1. The number of benzene rings is 2. The molecule has 2 aromatic rings. The quantitative estimate of drug-likeness (QED) is 0.723. The van der Waals surface area contributed by atoms with E-state index in [1.165, 1.54) is 5.56 Å². The Bertz CT molecular complexity index is 753. The standard InChI is InChI=1S/C23H29ClN2O2/c1-3-22(18-6-10-21(28-2)11-7-18)25-23(27)19-12-14-26(15-13-19)16-17-4-8-20(24)9-5-17/h4-11,19,22H,3,12-16H2,1-2H3,(H,25,27)/t22-/m0/s1. The molecule has 0 aromatic heterocycles. The highest BCUT2D eigenvalue weighted by Crippen LogP contribution is 2.24. The summed E-state index contributed by atoms with van der Waals surface area (Å²) in [5, 5.41) is 4.01. The predicted octanol–water partition coefficient (Wildman–Crippen LogP) is 4.83. The maximum absolute atomic E-state index is 12.8. The van der Waals surface area contributed by atoms with Gasteiger partial charge in [-0.15, -0.1) is 0 Å². The average Bonchev–Trinajstić information content (AvgIpc) is 2.74. The third kappa shape index (κ3) is 5.49. The topological polar surface area (TPSA) is 41.6 Å². The van der Waals surface area contributed by atoms with Crippen molar-refractivity contribution in [2.45, 2.75) is 38.8 Å². The Morgan fingerprint density at radius 1 is 1.14 bits per heavy atom. The Balaban J connectivity index is 1.50. The molecule has 0 spiro atoms. The van der Waals surface area contributed by atoms with Crippen molar-refractivity contribution in [3.8, 4) is 5.75 Å². The number of hydrogen-bond acceptors (Lipinski definition) is 3. The van der Waals surface area contributed by atoms with E-state index in [9.17, 15) is 4.79 Å². The van der Waals surface area contributed by atoms with Crippen LogP contribution >= 0.6 is 11.6 Å². The van der Waals surface area contributed by atoms with Crippen LogP contribution < -0.4 is 10.1 Å². The Kier molecular flexibility index (Phi) is 7.35. The second kappa shape index (κ2) is 9.94. The molecular weight excluding hydrogens is 372 g/mol. The van der Waals surface area contributed by atoms with E-state index in [1.54, 1.807) is 7.11 Å². The van der Waals surface area contributed by atoms with Crippen molar-refractivity contribution in [3.63, 3.8) is 0 Å². The van der Waals surface area contributed by atoms with E-state index in [0.717, 1.165) is 55.2 Å². The molecular formula is C23H29ClN2O2. The lowest BCUT2D eigenvalue weighted by Crippen LogP contribution is -2.41. The number of carbonyl (C=O) groups is 1. The molecule has 1 heterocycles. The summed E-state index contributed by atoms with van der Waals surface area (Å²) in [6, 6.07) is 16.0. The monoisotopic (exact) mass is 400 g/mol. The summed E-state index contributed by atoms with van der Waals surface area (Å²) in [6.45, 7) is 4.90. The zero-order chi connectivity index (χ0) is 19.9. The van der Waals surface area contributed by atoms with Gasteiger partial charge < -0.3 is 10.1 Å². The van der Waals surface area contributed by atoms with Gasteiger partial charge in [-0.25, -0.2) is 0 Å². The van der Waals surface area contributed by atoms with Gasteiger partial charge in [0.1, 0.15) is 5.75 Å². The molecule has 1 aliphatic heterocycles. The van der Waals surface area contributed by atoms with E-state index < -0.39 is 0 Å². The van der Waals surface area contributed by atoms with E-state index in [2.05, 4.69) is 29.3 Å². The number of piperidine rings is 1. The smallest absolute Gasteiger partial charge is 0.223 e. The molecule has 1 atom stereocenters. The zero-order valence-electron chi connectivity index (χ0n) is 16.7. The van der Waals surface area contributed by atoms with Gasteiger partial charge in [0, 0.05) is 17.5 Å². The molecule has 1 amide bonds. The summed E-state index contributed by atoms with van der Waals surface area (Å²) < 4.78 is 5.22. The third-order valence-electron chi connectivity index (χ3n) is 5.52. The van der Waals surface area contributed by atoms with Crippen LogP contribution in [0.5, 0.6) is 5.75 Å². The molecule has 0 saturated carbocycles. The van der Waals surface area contributed by atoms with Gasteiger partial charge in [-0.2, -0.15) is 0 Å². The van der Waals surface area contributed by atoms with E-state index in [4.69, 9.17) is 16.3 Å². The second-order valence-corrected chi connectivity index (χ2v) is 7.86. The van der Waals surface area contributed by atoms with Crippen LogP contribution in [0.2, 0.25) is 5.02 Å². The molecule has 1 saturated heterocycles. The molecule has 5 heteroatoms. The van der Waals surface area contributed by atoms with Gasteiger partial charge in [-0.05, 0) is 67.7 Å². The van der Waals surface area contributed by atoms with Crippen LogP contribution in [-0.4, -0.2) is 31.0 Å². The average molecular weight is 401 g/mol. The Hall–Kier alpha value is -2.04. The van der Waals surface area contributed by atoms with Gasteiger partial charge in [0.25, 0.3) is 0 Å². The first kappa shape index (κ1) is 20.7. The minimum absolute atomic E-state index is 0.0468. The largest absolute Gasteiger partial charge is 0.497 e. The van der Waals surface area contributed by atoms with Crippen LogP contribution in [-0.2, 0) is 11.3 Å². The molecule has 4 nitrogen and oxygen atoms in total. The van der Waals surface area contributed by atoms with Crippen molar-refractivity contribution in [3.05, 3.63) is 64.7 Å². The highest BCUT2D eigenvalue weighted by Gasteiger charge is 2.26. The van der Waals surface area contributed by atoms with Gasteiger partial charge in [0.05, 0.1) is 13.2 Å². The fourth-order valence-corrected chi connectivity index (χ4v) is 3.87. The molecule has 150 valence electrons. The highest BCUT2D eigenvalue weighted by atomic mass is 35.5.